The summed E-state index contributed by atoms with van der Waals surface area (Å²) in [5.74, 6) is 4.37. The summed E-state index contributed by atoms with van der Waals surface area (Å²) in [6.07, 6.45) is 2.47. The van der Waals surface area contributed by atoms with Crippen molar-refractivity contribution in [1.29, 1.82) is 0 Å². The molecule has 0 radical (unpaired) electrons. The van der Waals surface area contributed by atoms with Crippen molar-refractivity contribution in [3.8, 4) is 11.1 Å². The first kappa shape index (κ1) is 31.5. The summed E-state index contributed by atoms with van der Waals surface area (Å²) in [5.41, 5.74) is 3.25. The first-order chi connectivity index (χ1) is 21.6. The number of aliphatic hydroxyl groups is 1. The average Bonchev–Trinajstić information content (AvgIpc) is 3.85. The van der Waals surface area contributed by atoms with Gasteiger partial charge in [0.2, 0.25) is 11.9 Å². The van der Waals surface area contributed by atoms with Crippen molar-refractivity contribution in [3.63, 3.8) is 0 Å². The molecule has 1 fully saturated rings. The van der Waals surface area contributed by atoms with Gasteiger partial charge in [-0.15, -0.1) is 0 Å². The number of nitrogens with one attached hydrogen (secondary N) is 4. The average molecular weight is 629 g/mol. The molecule has 1 heterocycles. The predicted octanol–water partition coefficient (Wildman–Crippen LogP) is 5.09. The van der Waals surface area contributed by atoms with Crippen LogP contribution >= 0.6 is 0 Å². The summed E-state index contributed by atoms with van der Waals surface area (Å²) in [5, 5.41) is 19.1. The van der Waals surface area contributed by atoms with Gasteiger partial charge in [-0.25, -0.2) is 18.7 Å². The zero-order valence-corrected chi connectivity index (χ0v) is 25.9. The first-order valence-corrected chi connectivity index (χ1v) is 16.3. The minimum Gasteiger partial charge on any atom is -0.449 e. The van der Waals surface area contributed by atoms with E-state index in [1.165, 1.54) is 0 Å². The molecule has 0 bridgehead atoms. The minimum atomic E-state index is -3.17. The van der Waals surface area contributed by atoms with E-state index in [2.05, 4.69) is 36.5 Å². The van der Waals surface area contributed by atoms with Gasteiger partial charge in [0.15, 0.2) is 0 Å². The highest BCUT2D eigenvalue weighted by Crippen LogP contribution is 2.49. The van der Waals surface area contributed by atoms with Crippen molar-refractivity contribution in [2.75, 3.05) is 29.2 Å². The zero-order valence-electron chi connectivity index (χ0n) is 25.1. The van der Waals surface area contributed by atoms with Crippen molar-refractivity contribution in [3.05, 3.63) is 90.6 Å². The number of aliphatic hydroxyl groups excluding tert-OH is 1. The number of hydrogen-bond acceptors (Lipinski definition) is 9. The van der Waals surface area contributed by atoms with Gasteiger partial charge in [0.1, 0.15) is 5.82 Å². The fourth-order valence-corrected chi connectivity index (χ4v) is 5.88. The quantitative estimate of drug-likeness (QED) is 0.135. The number of rotatable bonds is 12. The lowest BCUT2D eigenvalue weighted by Crippen LogP contribution is -2.31. The number of hydrogen-bond donors (Lipinski definition) is 5. The topological polar surface area (TPSA) is 155 Å². The van der Waals surface area contributed by atoms with Gasteiger partial charge in [0.05, 0.1) is 33.2 Å². The van der Waals surface area contributed by atoms with E-state index in [1.54, 1.807) is 37.4 Å². The molecule has 12 heteroatoms. The van der Waals surface area contributed by atoms with Crippen molar-refractivity contribution >= 4 is 50.7 Å². The molecular formula is C33H36N6O5S. The maximum Gasteiger partial charge on any atom is 0.418 e. The number of anilines is 4. The Morgan fingerprint density at radius 2 is 1.78 bits per heavy atom. The van der Waals surface area contributed by atoms with Gasteiger partial charge in [-0.2, -0.15) is 4.98 Å². The number of aromatic nitrogens is 2. The summed E-state index contributed by atoms with van der Waals surface area (Å²) >= 11 is 0. The molecule has 1 aromatic heterocycles. The van der Waals surface area contributed by atoms with E-state index in [9.17, 15) is 18.9 Å². The van der Waals surface area contributed by atoms with Crippen molar-refractivity contribution in [1.82, 2.24) is 14.7 Å². The van der Waals surface area contributed by atoms with Crippen molar-refractivity contribution in [2.24, 2.45) is 0 Å². The van der Waals surface area contributed by atoms with Crippen molar-refractivity contribution < 1.29 is 23.6 Å². The Kier molecular flexibility index (Phi) is 9.35. The third kappa shape index (κ3) is 7.41. The SMILES string of the molecule is C=S(=O)(NC(=O)OCC)c1cccc(Nc2ncc(-c3ccc(NC(=O)C4(c5ccccc5)CC4)cc3)c(N[C@H](C)CO)n2)c1. The first-order valence-electron chi connectivity index (χ1n) is 14.5. The molecule has 1 aliphatic carbocycles. The summed E-state index contributed by atoms with van der Waals surface area (Å²) in [6.45, 7) is 3.49. The molecule has 2 atom stereocenters. The molecule has 0 aliphatic heterocycles. The van der Waals surface area contributed by atoms with Gasteiger partial charge in [-0.3, -0.25) is 4.79 Å². The predicted molar refractivity (Wildman–Crippen MR) is 177 cm³/mol. The van der Waals surface area contributed by atoms with Crippen LogP contribution in [0.1, 0.15) is 32.3 Å². The molecule has 0 spiro atoms. The van der Waals surface area contributed by atoms with Crippen LogP contribution in [0, 0.1) is 0 Å². The fourth-order valence-electron chi connectivity index (χ4n) is 4.82. The molecule has 4 aromatic rings. The van der Waals surface area contributed by atoms with Crippen LogP contribution < -0.4 is 20.7 Å². The van der Waals surface area contributed by atoms with Crippen LogP contribution in [0.15, 0.2) is 90.0 Å². The highest BCUT2D eigenvalue weighted by molar-refractivity contribution is 7.99. The van der Waals surface area contributed by atoms with Crippen LogP contribution in [-0.2, 0) is 24.7 Å². The summed E-state index contributed by atoms with van der Waals surface area (Å²) < 4.78 is 20.2. The van der Waals surface area contributed by atoms with E-state index in [0.717, 1.165) is 24.0 Å². The second-order valence-electron chi connectivity index (χ2n) is 10.8. The molecule has 11 nitrogen and oxygen atoms in total. The van der Waals surface area contributed by atoms with E-state index >= 15 is 0 Å². The summed E-state index contributed by atoms with van der Waals surface area (Å²) in [4.78, 5) is 34.4. The Morgan fingerprint density at radius 1 is 1.04 bits per heavy atom. The lowest BCUT2D eigenvalue weighted by Gasteiger charge is -2.18. The highest BCUT2D eigenvalue weighted by atomic mass is 32.2. The van der Waals surface area contributed by atoms with Gasteiger partial charge in [-0.05, 0) is 74.0 Å². The third-order valence-electron chi connectivity index (χ3n) is 7.41. The van der Waals surface area contributed by atoms with E-state index in [-0.39, 0.29) is 36.0 Å². The number of nitrogens with zero attached hydrogens (tertiary/aromatic N) is 2. The van der Waals surface area contributed by atoms with E-state index in [0.29, 0.717) is 22.8 Å². The van der Waals surface area contributed by atoms with Gasteiger partial charge in [0, 0.05) is 29.2 Å². The normalized spacial score (nSPS) is 15.2. The van der Waals surface area contributed by atoms with Crippen LogP contribution in [-0.4, -0.2) is 56.4 Å². The molecule has 1 unspecified atom stereocenters. The molecule has 234 valence electrons. The molecule has 0 saturated heterocycles. The van der Waals surface area contributed by atoms with E-state index < -0.39 is 21.2 Å². The minimum absolute atomic E-state index is 0.0187. The van der Waals surface area contributed by atoms with Gasteiger partial charge in [0.25, 0.3) is 0 Å². The smallest absolute Gasteiger partial charge is 0.418 e. The van der Waals surface area contributed by atoms with Crippen LogP contribution in [0.2, 0.25) is 0 Å². The zero-order chi connectivity index (χ0) is 32.0. The van der Waals surface area contributed by atoms with Crippen LogP contribution in [0.25, 0.3) is 11.1 Å². The Labute approximate surface area is 262 Å². The standard InChI is InChI=1S/C33H36N6O5S/c1-4-44-32(42)39-45(3,43)27-12-8-11-26(19-27)37-31-34-20-28(29(38-31)35-22(2)21-40)23-13-15-25(16-14-23)36-30(41)33(17-18-33)24-9-6-5-7-10-24/h5-16,19-20,22,40H,3-4,17-18,21H2,1-2H3,(H,36,41)(H,39,42,43)(H2,34,35,37,38)/t22-,45?/m1/s1. The molecule has 45 heavy (non-hydrogen) atoms. The van der Waals surface area contributed by atoms with Gasteiger partial charge < -0.3 is 25.8 Å². The van der Waals surface area contributed by atoms with E-state index in [4.69, 9.17) is 4.74 Å². The van der Waals surface area contributed by atoms with Crippen LogP contribution in [0.3, 0.4) is 0 Å². The number of benzene rings is 3. The summed E-state index contributed by atoms with van der Waals surface area (Å²) in [7, 11) is -3.17. The second-order valence-corrected chi connectivity index (χ2v) is 12.8. The van der Waals surface area contributed by atoms with Gasteiger partial charge >= 0.3 is 6.09 Å². The molecule has 2 amide bonds. The fraction of sp³-hybridized carbons (Fsp3) is 0.242. The molecule has 3 aromatic carbocycles. The Morgan fingerprint density at radius 3 is 2.44 bits per heavy atom. The Hall–Kier alpha value is -4.94. The maximum absolute atomic E-state index is 13.2. The molecule has 1 aliphatic rings. The number of carbonyl (C=O) groups is 2. The largest absolute Gasteiger partial charge is 0.449 e. The Bertz CT molecular complexity index is 1780. The second kappa shape index (κ2) is 13.4. The summed E-state index contributed by atoms with van der Waals surface area (Å²) in [6, 6.07) is 23.5. The van der Waals surface area contributed by atoms with Gasteiger partial charge in [-0.1, -0.05) is 48.5 Å². The highest BCUT2D eigenvalue weighted by Gasteiger charge is 2.51. The number of ether oxygens (including phenoxy) is 1. The van der Waals surface area contributed by atoms with Crippen LogP contribution in [0.5, 0.6) is 0 Å². The maximum atomic E-state index is 13.2. The Balaban J connectivity index is 1.34. The van der Waals surface area contributed by atoms with Crippen molar-refractivity contribution in [2.45, 2.75) is 43.0 Å². The number of carbonyl (C=O) groups excluding carboxylic acids is 2. The monoisotopic (exact) mass is 628 g/mol. The molecule has 5 N–H and O–H groups in total. The molecule has 5 rings (SSSR count). The van der Waals surface area contributed by atoms with E-state index in [1.807, 2.05) is 61.5 Å². The lowest BCUT2D eigenvalue weighted by atomic mass is 9.95. The third-order valence-corrected chi connectivity index (χ3v) is 8.92. The number of amides is 2. The lowest BCUT2D eigenvalue weighted by molar-refractivity contribution is -0.118. The molecule has 1 saturated carbocycles. The van der Waals surface area contributed by atoms with Crippen LogP contribution in [0.4, 0.5) is 27.9 Å². The molecular weight excluding hydrogens is 592 g/mol.